The van der Waals surface area contributed by atoms with Crippen molar-refractivity contribution in [1.29, 1.82) is 0 Å². The number of fused-ring (bicyclic) bond motifs is 1. The van der Waals surface area contributed by atoms with E-state index in [2.05, 4.69) is 28.2 Å². The minimum absolute atomic E-state index is 0.138. The number of benzene rings is 1. The van der Waals surface area contributed by atoms with Crippen molar-refractivity contribution in [2.24, 2.45) is 5.92 Å². The standard InChI is InChI=1S/C19H29N3O3/c1-21-7-9-22(10-8-21)6-5-19(23)20-13-15-11-16-3-4-17(24-2)12-18(16)25-14-15/h3-4,12,15H,5-11,13-14H2,1-2H3,(H,20,23)/t15-/m1/s1. The molecule has 2 aliphatic heterocycles. The van der Waals surface area contributed by atoms with Crippen molar-refractivity contribution in [2.75, 3.05) is 60.0 Å². The molecule has 0 unspecified atom stereocenters. The molecule has 2 heterocycles. The lowest BCUT2D eigenvalue weighted by molar-refractivity contribution is -0.121. The number of rotatable bonds is 6. The van der Waals surface area contributed by atoms with Gasteiger partial charge in [0.25, 0.3) is 0 Å². The number of hydrogen-bond acceptors (Lipinski definition) is 5. The van der Waals surface area contributed by atoms with Crippen molar-refractivity contribution >= 4 is 5.91 Å². The average molecular weight is 347 g/mol. The van der Waals surface area contributed by atoms with Gasteiger partial charge in [0, 0.05) is 57.7 Å². The lowest BCUT2D eigenvalue weighted by Crippen LogP contribution is -2.45. The Hall–Kier alpha value is -1.79. The zero-order chi connectivity index (χ0) is 17.6. The van der Waals surface area contributed by atoms with E-state index in [0.29, 0.717) is 25.5 Å². The first-order chi connectivity index (χ1) is 12.1. The number of piperazine rings is 1. The van der Waals surface area contributed by atoms with Gasteiger partial charge in [0.05, 0.1) is 13.7 Å². The molecule has 3 rings (SSSR count). The highest BCUT2D eigenvalue weighted by atomic mass is 16.5. The molecule has 1 aromatic carbocycles. The van der Waals surface area contributed by atoms with Crippen LogP contribution in [0.25, 0.3) is 0 Å². The first-order valence-corrected chi connectivity index (χ1v) is 9.11. The maximum absolute atomic E-state index is 12.1. The molecule has 0 bridgehead atoms. The van der Waals surface area contributed by atoms with E-state index in [1.807, 2.05) is 12.1 Å². The molecule has 0 aromatic heterocycles. The first kappa shape index (κ1) is 18.0. The van der Waals surface area contributed by atoms with Crippen molar-refractivity contribution in [2.45, 2.75) is 12.8 Å². The zero-order valence-corrected chi connectivity index (χ0v) is 15.3. The van der Waals surface area contributed by atoms with Crippen molar-refractivity contribution < 1.29 is 14.3 Å². The summed E-state index contributed by atoms with van der Waals surface area (Å²) in [6, 6.07) is 5.94. The molecule has 1 N–H and O–H groups in total. The Bertz CT molecular complexity index is 585. The molecule has 6 nitrogen and oxygen atoms in total. The fourth-order valence-corrected chi connectivity index (χ4v) is 3.35. The van der Waals surface area contributed by atoms with E-state index in [1.54, 1.807) is 7.11 Å². The van der Waals surface area contributed by atoms with Crippen molar-refractivity contribution in [3.05, 3.63) is 23.8 Å². The molecule has 1 atom stereocenters. The average Bonchev–Trinajstić information content (AvgIpc) is 2.65. The molecule has 2 aliphatic rings. The third kappa shape index (κ3) is 5.09. The highest BCUT2D eigenvalue weighted by Gasteiger charge is 2.21. The number of amides is 1. The summed E-state index contributed by atoms with van der Waals surface area (Å²) >= 11 is 0. The van der Waals surface area contributed by atoms with E-state index in [4.69, 9.17) is 9.47 Å². The molecule has 0 radical (unpaired) electrons. The summed E-state index contributed by atoms with van der Waals surface area (Å²) in [6.07, 6.45) is 1.50. The molecule has 1 amide bonds. The van der Waals surface area contributed by atoms with Crippen LogP contribution in [0, 0.1) is 5.92 Å². The molecule has 25 heavy (non-hydrogen) atoms. The van der Waals surface area contributed by atoms with E-state index in [9.17, 15) is 4.79 Å². The predicted molar refractivity (Wildman–Crippen MR) is 97.2 cm³/mol. The molecule has 0 saturated carbocycles. The number of methoxy groups -OCH3 is 1. The predicted octanol–water partition coefficient (Wildman–Crippen LogP) is 1.00. The Balaban J connectivity index is 1.38. The van der Waals surface area contributed by atoms with Gasteiger partial charge in [-0.05, 0) is 25.1 Å². The van der Waals surface area contributed by atoms with E-state index in [-0.39, 0.29) is 5.91 Å². The number of nitrogens with zero attached hydrogens (tertiary/aromatic N) is 2. The van der Waals surface area contributed by atoms with Gasteiger partial charge in [0.15, 0.2) is 0 Å². The summed E-state index contributed by atoms with van der Waals surface area (Å²) in [4.78, 5) is 16.8. The molecule has 6 heteroatoms. The van der Waals surface area contributed by atoms with E-state index in [1.165, 1.54) is 5.56 Å². The van der Waals surface area contributed by atoms with Crippen molar-refractivity contribution in [3.8, 4) is 11.5 Å². The highest BCUT2D eigenvalue weighted by Crippen LogP contribution is 2.30. The SMILES string of the molecule is COc1ccc2c(c1)OC[C@@H](CNC(=O)CCN1CCN(C)CC1)C2. The Morgan fingerprint density at radius 3 is 2.88 bits per heavy atom. The number of likely N-dealkylation sites (N-methyl/N-ethyl adjacent to an activating group) is 1. The zero-order valence-electron chi connectivity index (χ0n) is 15.3. The summed E-state index contributed by atoms with van der Waals surface area (Å²) in [6.45, 7) is 6.45. The topological polar surface area (TPSA) is 54.0 Å². The van der Waals surface area contributed by atoms with Crippen LogP contribution in [0.3, 0.4) is 0 Å². The van der Waals surface area contributed by atoms with E-state index < -0.39 is 0 Å². The molecule has 1 fully saturated rings. The Kier molecular flexibility index (Phi) is 6.15. The second-order valence-electron chi connectivity index (χ2n) is 7.05. The van der Waals surface area contributed by atoms with Crippen LogP contribution in [-0.4, -0.2) is 75.7 Å². The number of ether oxygens (including phenoxy) is 2. The molecule has 0 aliphatic carbocycles. The maximum atomic E-state index is 12.1. The molecular formula is C19H29N3O3. The van der Waals surface area contributed by atoms with Gasteiger partial charge in [0.1, 0.15) is 11.5 Å². The fraction of sp³-hybridized carbons (Fsp3) is 0.632. The summed E-state index contributed by atoms with van der Waals surface area (Å²) < 4.78 is 11.1. The number of carbonyl (C=O) groups excluding carboxylic acids is 1. The van der Waals surface area contributed by atoms with Crippen LogP contribution in [0.1, 0.15) is 12.0 Å². The van der Waals surface area contributed by atoms with Crippen LogP contribution in [0.2, 0.25) is 0 Å². The minimum atomic E-state index is 0.138. The quantitative estimate of drug-likeness (QED) is 0.832. The van der Waals surface area contributed by atoms with Crippen molar-refractivity contribution in [3.63, 3.8) is 0 Å². The van der Waals surface area contributed by atoms with Gasteiger partial charge in [-0.15, -0.1) is 0 Å². The molecule has 0 spiro atoms. The van der Waals surface area contributed by atoms with Crippen LogP contribution in [0.15, 0.2) is 18.2 Å². The summed E-state index contributed by atoms with van der Waals surface area (Å²) in [5.41, 5.74) is 1.18. The molecular weight excluding hydrogens is 318 g/mol. The third-order valence-electron chi connectivity index (χ3n) is 5.10. The lowest BCUT2D eigenvalue weighted by Gasteiger charge is -2.32. The summed E-state index contributed by atoms with van der Waals surface area (Å²) in [5, 5.41) is 3.07. The normalized spacial score (nSPS) is 21.3. The molecule has 1 saturated heterocycles. The van der Waals surface area contributed by atoms with Crippen molar-refractivity contribution in [1.82, 2.24) is 15.1 Å². The lowest BCUT2D eigenvalue weighted by atomic mass is 9.96. The van der Waals surface area contributed by atoms with Gasteiger partial charge in [-0.2, -0.15) is 0 Å². The molecule has 138 valence electrons. The fourth-order valence-electron chi connectivity index (χ4n) is 3.35. The second-order valence-corrected chi connectivity index (χ2v) is 7.05. The largest absolute Gasteiger partial charge is 0.497 e. The van der Waals surface area contributed by atoms with E-state index in [0.717, 1.165) is 50.6 Å². The number of hydrogen-bond donors (Lipinski definition) is 1. The van der Waals surface area contributed by atoms with Crippen LogP contribution in [0.4, 0.5) is 0 Å². The Morgan fingerprint density at radius 1 is 1.32 bits per heavy atom. The van der Waals surface area contributed by atoms with Gasteiger partial charge in [0.2, 0.25) is 5.91 Å². The Morgan fingerprint density at radius 2 is 2.12 bits per heavy atom. The van der Waals surface area contributed by atoms with Gasteiger partial charge < -0.3 is 24.6 Å². The van der Waals surface area contributed by atoms with Crippen LogP contribution in [-0.2, 0) is 11.2 Å². The summed E-state index contributed by atoms with van der Waals surface area (Å²) in [5.74, 6) is 2.18. The number of nitrogens with one attached hydrogen (secondary N) is 1. The minimum Gasteiger partial charge on any atom is -0.497 e. The van der Waals surface area contributed by atoms with Gasteiger partial charge >= 0.3 is 0 Å². The third-order valence-corrected chi connectivity index (χ3v) is 5.10. The summed E-state index contributed by atoms with van der Waals surface area (Å²) in [7, 11) is 3.80. The van der Waals surface area contributed by atoms with Gasteiger partial charge in [-0.1, -0.05) is 6.07 Å². The second kappa shape index (κ2) is 8.54. The maximum Gasteiger partial charge on any atom is 0.221 e. The van der Waals surface area contributed by atoms with Crippen LogP contribution < -0.4 is 14.8 Å². The number of carbonyl (C=O) groups is 1. The monoisotopic (exact) mass is 347 g/mol. The van der Waals surface area contributed by atoms with Gasteiger partial charge in [-0.3, -0.25) is 4.79 Å². The van der Waals surface area contributed by atoms with Gasteiger partial charge in [-0.25, -0.2) is 0 Å². The van der Waals surface area contributed by atoms with Crippen LogP contribution in [0.5, 0.6) is 11.5 Å². The molecule has 1 aromatic rings. The van der Waals surface area contributed by atoms with E-state index >= 15 is 0 Å². The van der Waals surface area contributed by atoms with Crippen LogP contribution >= 0.6 is 0 Å². The smallest absolute Gasteiger partial charge is 0.221 e. The first-order valence-electron chi connectivity index (χ1n) is 9.11. The Labute approximate surface area is 150 Å². The highest BCUT2D eigenvalue weighted by molar-refractivity contribution is 5.76.